The Bertz CT molecular complexity index is 1050. The Kier molecular flexibility index (Phi) is 4.37. The van der Waals surface area contributed by atoms with E-state index in [1.54, 1.807) is 13.0 Å². The van der Waals surface area contributed by atoms with Crippen molar-refractivity contribution in [2.24, 2.45) is 0 Å². The molecule has 0 unspecified atom stereocenters. The quantitative estimate of drug-likeness (QED) is 0.562. The topological polar surface area (TPSA) is 86.0 Å². The number of hydrogen-bond donors (Lipinski definition) is 1. The number of hydrogen-bond acceptors (Lipinski definition) is 7. The zero-order valence-corrected chi connectivity index (χ0v) is 14.6. The second-order valence-corrected chi connectivity index (χ2v) is 5.99. The number of halogens is 1. The summed E-state index contributed by atoms with van der Waals surface area (Å²) in [6.45, 7) is 1.99. The van der Waals surface area contributed by atoms with Gasteiger partial charge in [-0.1, -0.05) is 16.8 Å². The van der Waals surface area contributed by atoms with E-state index in [1.165, 1.54) is 6.33 Å². The Morgan fingerprint density at radius 2 is 1.96 bits per heavy atom. The molecule has 0 radical (unpaired) electrons. The molecule has 26 heavy (non-hydrogen) atoms. The predicted octanol–water partition coefficient (Wildman–Crippen LogP) is 4.30. The Balaban J connectivity index is 1.47. The molecule has 0 saturated carbocycles. The van der Waals surface area contributed by atoms with E-state index in [0.717, 1.165) is 16.6 Å². The Labute approximate surface area is 154 Å². The van der Waals surface area contributed by atoms with Gasteiger partial charge in [-0.2, -0.15) is 4.98 Å². The molecule has 130 valence electrons. The summed E-state index contributed by atoms with van der Waals surface area (Å²) >= 11 is 6.01. The van der Waals surface area contributed by atoms with Crippen molar-refractivity contribution in [3.05, 3.63) is 65.5 Å². The second-order valence-electron chi connectivity index (χ2n) is 5.55. The number of nitrogens with zero attached hydrogens (tertiary/aromatic N) is 4. The molecule has 7 nitrogen and oxygen atoms in total. The molecule has 2 aromatic heterocycles. The van der Waals surface area contributed by atoms with Crippen molar-refractivity contribution < 1.29 is 9.26 Å². The summed E-state index contributed by atoms with van der Waals surface area (Å²) in [6, 6.07) is 13.0. The van der Waals surface area contributed by atoms with Crippen LogP contribution in [0.25, 0.3) is 10.9 Å². The minimum atomic E-state index is 0.251. The molecular weight excluding hydrogens is 354 g/mol. The first-order valence-electron chi connectivity index (χ1n) is 7.87. The molecule has 0 spiro atoms. The molecule has 0 amide bonds. The molecule has 0 aliphatic heterocycles. The van der Waals surface area contributed by atoms with Gasteiger partial charge in [0.15, 0.2) is 6.61 Å². The molecule has 0 bridgehead atoms. The molecular formula is C18H14ClN5O2. The standard InChI is InChI=1S/C18H14ClN5O2/c1-11-22-17(24-26-11)9-25-14-5-3-13(4-6-14)23-18-15-7-2-12(19)8-16(15)20-10-21-18/h2-8,10H,9H2,1H3,(H,20,21,23). The molecule has 0 aliphatic carbocycles. The third-order valence-corrected chi connectivity index (χ3v) is 3.89. The van der Waals surface area contributed by atoms with Crippen LogP contribution in [0.4, 0.5) is 11.5 Å². The molecule has 2 heterocycles. The fraction of sp³-hybridized carbons (Fsp3) is 0.111. The van der Waals surface area contributed by atoms with Crippen LogP contribution in [0, 0.1) is 6.92 Å². The number of fused-ring (bicyclic) bond motifs is 1. The number of rotatable bonds is 5. The Hall–Kier alpha value is -3.19. The molecule has 0 aliphatic rings. The zero-order valence-electron chi connectivity index (χ0n) is 13.8. The van der Waals surface area contributed by atoms with Gasteiger partial charge in [-0.3, -0.25) is 0 Å². The number of nitrogens with one attached hydrogen (secondary N) is 1. The van der Waals surface area contributed by atoms with Crippen molar-refractivity contribution in [3.8, 4) is 5.75 Å². The van der Waals surface area contributed by atoms with Crippen molar-refractivity contribution in [2.45, 2.75) is 13.5 Å². The maximum absolute atomic E-state index is 6.01. The zero-order chi connectivity index (χ0) is 17.9. The van der Waals surface area contributed by atoms with E-state index < -0.39 is 0 Å². The number of aromatic nitrogens is 4. The van der Waals surface area contributed by atoms with Crippen LogP contribution < -0.4 is 10.1 Å². The highest BCUT2D eigenvalue weighted by molar-refractivity contribution is 6.31. The van der Waals surface area contributed by atoms with Gasteiger partial charge >= 0.3 is 0 Å². The van der Waals surface area contributed by atoms with Crippen LogP contribution in [0.3, 0.4) is 0 Å². The van der Waals surface area contributed by atoms with E-state index in [0.29, 0.717) is 28.3 Å². The van der Waals surface area contributed by atoms with E-state index in [1.807, 2.05) is 36.4 Å². The fourth-order valence-electron chi connectivity index (χ4n) is 2.45. The maximum atomic E-state index is 6.01. The normalized spacial score (nSPS) is 10.8. The molecule has 1 N–H and O–H groups in total. The van der Waals surface area contributed by atoms with Gasteiger partial charge in [0.1, 0.15) is 17.9 Å². The van der Waals surface area contributed by atoms with Gasteiger partial charge in [-0.05, 0) is 42.5 Å². The van der Waals surface area contributed by atoms with Gasteiger partial charge in [0.05, 0.1) is 5.52 Å². The summed E-state index contributed by atoms with van der Waals surface area (Å²) in [5.41, 5.74) is 1.66. The number of ether oxygens (including phenoxy) is 1. The first-order valence-corrected chi connectivity index (χ1v) is 8.24. The van der Waals surface area contributed by atoms with Gasteiger partial charge in [0.25, 0.3) is 0 Å². The Morgan fingerprint density at radius 1 is 1.12 bits per heavy atom. The molecule has 4 rings (SSSR count). The van der Waals surface area contributed by atoms with Crippen molar-refractivity contribution in [1.82, 2.24) is 20.1 Å². The van der Waals surface area contributed by atoms with Crippen LogP contribution in [0.1, 0.15) is 11.7 Å². The predicted molar refractivity (Wildman–Crippen MR) is 97.6 cm³/mol. The highest BCUT2D eigenvalue weighted by Gasteiger charge is 2.06. The van der Waals surface area contributed by atoms with Gasteiger partial charge in [0.2, 0.25) is 11.7 Å². The Morgan fingerprint density at radius 3 is 2.73 bits per heavy atom. The van der Waals surface area contributed by atoms with Crippen molar-refractivity contribution in [1.29, 1.82) is 0 Å². The lowest BCUT2D eigenvalue weighted by atomic mass is 10.2. The van der Waals surface area contributed by atoms with Crippen LogP contribution in [0.5, 0.6) is 5.75 Å². The molecule has 0 atom stereocenters. The van der Waals surface area contributed by atoms with E-state index in [2.05, 4.69) is 25.4 Å². The summed E-state index contributed by atoms with van der Waals surface area (Å²) in [4.78, 5) is 12.6. The summed E-state index contributed by atoms with van der Waals surface area (Å²) < 4.78 is 10.6. The highest BCUT2D eigenvalue weighted by Crippen LogP contribution is 2.26. The van der Waals surface area contributed by atoms with E-state index in [-0.39, 0.29) is 6.61 Å². The van der Waals surface area contributed by atoms with Crippen LogP contribution in [0.2, 0.25) is 5.02 Å². The smallest absolute Gasteiger partial charge is 0.223 e. The molecule has 0 saturated heterocycles. The summed E-state index contributed by atoms with van der Waals surface area (Å²) in [7, 11) is 0. The minimum absolute atomic E-state index is 0.251. The summed E-state index contributed by atoms with van der Waals surface area (Å²) in [5, 5.41) is 8.61. The fourth-order valence-corrected chi connectivity index (χ4v) is 2.62. The van der Waals surface area contributed by atoms with Gasteiger partial charge in [-0.15, -0.1) is 0 Å². The SMILES string of the molecule is Cc1nc(COc2ccc(Nc3ncnc4cc(Cl)ccc34)cc2)no1. The third-order valence-electron chi connectivity index (χ3n) is 3.65. The van der Waals surface area contributed by atoms with Crippen LogP contribution >= 0.6 is 11.6 Å². The monoisotopic (exact) mass is 367 g/mol. The van der Waals surface area contributed by atoms with Crippen LogP contribution in [-0.4, -0.2) is 20.1 Å². The first-order chi connectivity index (χ1) is 12.7. The maximum Gasteiger partial charge on any atom is 0.223 e. The van der Waals surface area contributed by atoms with Gasteiger partial charge < -0.3 is 14.6 Å². The molecule has 8 heteroatoms. The number of benzene rings is 2. The lowest BCUT2D eigenvalue weighted by Crippen LogP contribution is -1.98. The van der Waals surface area contributed by atoms with Crippen molar-refractivity contribution in [3.63, 3.8) is 0 Å². The summed E-state index contributed by atoms with van der Waals surface area (Å²) in [5.74, 6) is 2.44. The molecule has 0 fully saturated rings. The van der Waals surface area contributed by atoms with Crippen LogP contribution in [0.15, 0.2) is 53.3 Å². The first kappa shape index (κ1) is 16.3. The van der Waals surface area contributed by atoms with Crippen LogP contribution in [-0.2, 0) is 6.61 Å². The van der Waals surface area contributed by atoms with Gasteiger partial charge in [-0.25, -0.2) is 9.97 Å². The third kappa shape index (κ3) is 3.57. The number of aryl methyl sites for hydroxylation is 1. The van der Waals surface area contributed by atoms with E-state index in [4.69, 9.17) is 20.9 Å². The lowest BCUT2D eigenvalue weighted by molar-refractivity contribution is 0.286. The average molecular weight is 368 g/mol. The molecule has 2 aromatic carbocycles. The number of anilines is 2. The highest BCUT2D eigenvalue weighted by atomic mass is 35.5. The average Bonchev–Trinajstić information content (AvgIpc) is 3.06. The minimum Gasteiger partial charge on any atom is -0.485 e. The van der Waals surface area contributed by atoms with E-state index in [9.17, 15) is 0 Å². The van der Waals surface area contributed by atoms with Gasteiger partial charge in [0, 0.05) is 23.0 Å². The lowest BCUT2D eigenvalue weighted by Gasteiger charge is -2.09. The van der Waals surface area contributed by atoms with Crippen molar-refractivity contribution >= 4 is 34.0 Å². The largest absolute Gasteiger partial charge is 0.485 e. The second kappa shape index (κ2) is 6.97. The summed E-state index contributed by atoms with van der Waals surface area (Å²) in [6.07, 6.45) is 1.51. The molecule has 4 aromatic rings. The van der Waals surface area contributed by atoms with E-state index >= 15 is 0 Å². The van der Waals surface area contributed by atoms with Crippen molar-refractivity contribution in [2.75, 3.05) is 5.32 Å².